The van der Waals surface area contributed by atoms with E-state index < -0.39 is 5.97 Å². The summed E-state index contributed by atoms with van der Waals surface area (Å²) in [4.78, 5) is 16.8. The van der Waals surface area contributed by atoms with Crippen LogP contribution in [0.5, 0.6) is 0 Å². The molecular weight excluding hydrogens is 329 g/mol. The Hall–Kier alpha value is -3.01. The van der Waals surface area contributed by atoms with Gasteiger partial charge in [-0.25, -0.2) is 9.18 Å². The van der Waals surface area contributed by atoms with E-state index in [0.29, 0.717) is 16.8 Å². The zero-order chi connectivity index (χ0) is 18.8. The minimum Gasteiger partial charge on any atom is -0.478 e. The highest BCUT2D eigenvalue weighted by atomic mass is 19.1. The molecule has 3 aromatic rings. The van der Waals surface area contributed by atoms with Crippen molar-refractivity contribution < 1.29 is 14.3 Å². The van der Waals surface area contributed by atoms with Crippen molar-refractivity contribution in [2.24, 2.45) is 0 Å². The van der Waals surface area contributed by atoms with Gasteiger partial charge in [0.05, 0.1) is 17.0 Å². The number of benzene rings is 2. The number of carbonyl (C=O) groups is 1. The Morgan fingerprint density at radius 2 is 1.62 bits per heavy atom. The molecule has 0 atom stereocenters. The van der Waals surface area contributed by atoms with E-state index in [1.165, 1.54) is 12.1 Å². The number of rotatable bonds is 4. The molecule has 1 heterocycles. The number of hydrogen-bond acceptors (Lipinski definition) is 2. The fourth-order valence-electron chi connectivity index (χ4n) is 3.18. The largest absolute Gasteiger partial charge is 0.478 e. The lowest BCUT2D eigenvalue weighted by molar-refractivity contribution is 0.0695. The lowest BCUT2D eigenvalue weighted by atomic mass is 9.88. The third kappa shape index (κ3) is 3.23. The highest BCUT2D eigenvalue weighted by molar-refractivity contribution is 5.99. The molecule has 0 unspecified atom stereocenters. The molecule has 0 aliphatic carbocycles. The van der Waals surface area contributed by atoms with Crippen molar-refractivity contribution >= 4 is 5.97 Å². The predicted molar refractivity (Wildman–Crippen MR) is 101 cm³/mol. The Labute approximate surface area is 152 Å². The molecule has 0 saturated carbocycles. The molecular formula is C22H20FNO2. The Balaban J connectivity index is 2.41. The van der Waals surface area contributed by atoms with Gasteiger partial charge in [-0.15, -0.1) is 0 Å². The summed E-state index contributed by atoms with van der Waals surface area (Å²) in [6.07, 6.45) is 0. The van der Waals surface area contributed by atoms with Gasteiger partial charge in [0.15, 0.2) is 0 Å². The Kier molecular flexibility index (Phi) is 4.85. The average molecular weight is 349 g/mol. The smallest absolute Gasteiger partial charge is 0.338 e. The van der Waals surface area contributed by atoms with E-state index in [1.54, 1.807) is 12.1 Å². The molecule has 0 amide bonds. The minimum absolute atomic E-state index is 0.0663. The van der Waals surface area contributed by atoms with Crippen LogP contribution >= 0.6 is 0 Å². The molecule has 26 heavy (non-hydrogen) atoms. The van der Waals surface area contributed by atoms with Crippen molar-refractivity contribution in [3.05, 3.63) is 77.2 Å². The molecule has 0 radical (unpaired) electrons. The van der Waals surface area contributed by atoms with E-state index in [4.69, 9.17) is 4.98 Å². The first-order chi connectivity index (χ1) is 12.4. The second-order valence-electron chi connectivity index (χ2n) is 6.55. The minimum atomic E-state index is -1.02. The molecule has 2 aromatic carbocycles. The van der Waals surface area contributed by atoms with Crippen molar-refractivity contribution in [1.82, 2.24) is 4.98 Å². The molecule has 1 aromatic heterocycles. The van der Waals surface area contributed by atoms with Gasteiger partial charge in [-0.2, -0.15) is 0 Å². The first-order valence-electron chi connectivity index (χ1n) is 8.49. The van der Waals surface area contributed by atoms with Gasteiger partial charge in [0.1, 0.15) is 5.82 Å². The number of hydrogen-bond donors (Lipinski definition) is 1. The number of carboxylic acid groups (broad SMARTS) is 1. The fourth-order valence-corrected chi connectivity index (χ4v) is 3.18. The first kappa shape index (κ1) is 17.8. The predicted octanol–water partition coefficient (Wildman–Crippen LogP) is 5.68. The second kappa shape index (κ2) is 7.08. The van der Waals surface area contributed by atoms with Crippen LogP contribution in [-0.4, -0.2) is 16.1 Å². The summed E-state index contributed by atoms with van der Waals surface area (Å²) in [6.45, 7) is 5.71. The molecule has 3 rings (SSSR count). The molecule has 0 fully saturated rings. The van der Waals surface area contributed by atoms with Crippen LogP contribution in [0.2, 0.25) is 0 Å². The van der Waals surface area contributed by atoms with E-state index in [0.717, 1.165) is 16.8 Å². The van der Waals surface area contributed by atoms with Gasteiger partial charge in [-0.1, -0.05) is 56.3 Å². The van der Waals surface area contributed by atoms with Gasteiger partial charge in [0.25, 0.3) is 0 Å². The number of halogens is 1. The summed E-state index contributed by atoms with van der Waals surface area (Å²) in [5.41, 5.74) is 4.42. The van der Waals surface area contributed by atoms with E-state index >= 15 is 0 Å². The zero-order valence-corrected chi connectivity index (χ0v) is 15.0. The van der Waals surface area contributed by atoms with Gasteiger partial charge >= 0.3 is 5.97 Å². The summed E-state index contributed by atoms with van der Waals surface area (Å²) >= 11 is 0. The molecule has 0 aliphatic heterocycles. The van der Waals surface area contributed by atoms with Crippen LogP contribution in [0.3, 0.4) is 0 Å². The van der Waals surface area contributed by atoms with E-state index in [9.17, 15) is 14.3 Å². The summed E-state index contributed by atoms with van der Waals surface area (Å²) in [6, 6.07) is 15.6. The summed E-state index contributed by atoms with van der Waals surface area (Å²) in [5.74, 6) is -1.45. The van der Waals surface area contributed by atoms with Crippen LogP contribution < -0.4 is 0 Å². The number of aromatic nitrogens is 1. The van der Waals surface area contributed by atoms with Crippen LogP contribution in [0.15, 0.2) is 54.6 Å². The fraction of sp³-hybridized carbons (Fsp3) is 0.182. The first-order valence-corrected chi connectivity index (χ1v) is 8.49. The van der Waals surface area contributed by atoms with Crippen LogP contribution in [0.1, 0.15) is 41.4 Å². The number of carboxylic acids is 1. The molecule has 4 heteroatoms. The van der Waals surface area contributed by atoms with Crippen LogP contribution in [-0.2, 0) is 0 Å². The molecule has 0 aliphatic rings. The molecule has 1 N–H and O–H groups in total. The Bertz CT molecular complexity index is 948. The standard InChI is InChI=1S/C22H20FNO2/c1-13(2)20-19(22(25)26)18(15-9-11-17(23)12-10-15)14(3)21(24-20)16-7-5-4-6-8-16/h4-13H,1-3H3,(H,25,26). The van der Waals surface area contributed by atoms with Crippen molar-refractivity contribution in [3.8, 4) is 22.4 Å². The maximum Gasteiger partial charge on any atom is 0.338 e. The monoisotopic (exact) mass is 349 g/mol. The van der Waals surface area contributed by atoms with Gasteiger partial charge in [0.2, 0.25) is 0 Å². The van der Waals surface area contributed by atoms with Crippen molar-refractivity contribution in [2.45, 2.75) is 26.7 Å². The quantitative estimate of drug-likeness (QED) is 0.659. The average Bonchev–Trinajstić information content (AvgIpc) is 2.62. The van der Waals surface area contributed by atoms with Crippen molar-refractivity contribution in [2.75, 3.05) is 0 Å². The Morgan fingerprint density at radius 3 is 2.15 bits per heavy atom. The number of pyridine rings is 1. The highest BCUT2D eigenvalue weighted by Gasteiger charge is 2.25. The summed E-state index contributed by atoms with van der Waals surface area (Å²) < 4.78 is 13.4. The zero-order valence-electron chi connectivity index (χ0n) is 15.0. The molecule has 0 saturated heterocycles. The second-order valence-corrected chi connectivity index (χ2v) is 6.55. The van der Waals surface area contributed by atoms with E-state index in [1.807, 2.05) is 51.1 Å². The maximum absolute atomic E-state index is 13.4. The third-order valence-corrected chi connectivity index (χ3v) is 4.41. The van der Waals surface area contributed by atoms with Crippen LogP contribution in [0.25, 0.3) is 22.4 Å². The lowest BCUT2D eigenvalue weighted by Gasteiger charge is -2.20. The summed E-state index contributed by atoms with van der Waals surface area (Å²) in [7, 11) is 0. The molecule has 132 valence electrons. The third-order valence-electron chi connectivity index (χ3n) is 4.41. The highest BCUT2D eigenvalue weighted by Crippen LogP contribution is 2.37. The van der Waals surface area contributed by atoms with E-state index in [-0.39, 0.29) is 17.3 Å². The lowest BCUT2D eigenvalue weighted by Crippen LogP contribution is -2.12. The number of nitrogens with zero attached hydrogens (tertiary/aromatic N) is 1. The van der Waals surface area contributed by atoms with Gasteiger partial charge in [-0.05, 0) is 36.1 Å². The SMILES string of the molecule is Cc1c(-c2ccccc2)nc(C(C)C)c(C(=O)O)c1-c1ccc(F)cc1. The Morgan fingerprint density at radius 1 is 1.00 bits per heavy atom. The van der Waals surface area contributed by atoms with Gasteiger partial charge in [-0.3, -0.25) is 4.98 Å². The summed E-state index contributed by atoms with van der Waals surface area (Å²) in [5, 5.41) is 9.88. The van der Waals surface area contributed by atoms with E-state index in [2.05, 4.69) is 0 Å². The topological polar surface area (TPSA) is 50.2 Å². The van der Waals surface area contributed by atoms with Crippen molar-refractivity contribution in [1.29, 1.82) is 0 Å². The van der Waals surface area contributed by atoms with Crippen molar-refractivity contribution in [3.63, 3.8) is 0 Å². The molecule has 0 bridgehead atoms. The van der Waals surface area contributed by atoms with Crippen LogP contribution in [0.4, 0.5) is 4.39 Å². The maximum atomic E-state index is 13.4. The number of aromatic carboxylic acids is 1. The van der Waals surface area contributed by atoms with Gasteiger partial charge in [0, 0.05) is 11.1 Å². The molecule has 3 nitrogen and oxygen atoms in total. The van der Waals surface area contributed by atoms with Crippen LogP contribution in [0, 0.1) is 12.7 Å². The molecule has 0 spiro atoms. The normalized spacial score (nSPS) is 11.0. The van der Waals surface area contributed by atoms with Gasteiger partial charge < -0.3 is 5.11 Å².